The van der Waals surface area contributed by atoms with E-state index in [9.17, 15) is 0 Å². The van der Waals surface area contributed by atoms with E-state index in [0.29, 0.717) is 6.54 Å². The van der Waals surface area contributed by atoms with Crippen LogP contribution in [0.15, 0.2) is 28.7 Å². The highest BCUT2D eigenvalue weighted by Crippen LogP contribution is 2.24. The third-order valence-electron chi connectivity index (χ3n) is 3.21. The fraction of sp³-hybridized carbons (Fsp3) is 0.357. The molecule has 102 valence electrons. The van der Waals surface area contributed by atoms with E-state index in [1.54, 1.807) is 0 Å². The first-order valence-electron chi connectivity index (χ1n) is 6.16. The van der Waals surface area contributed by atoms with Crippen molar-refractivity contribution < 1.29 is 0 Å². The Morgan fingerprint density at radius 3 is 2.68 bits per heavy atom. The Hall–Kier alpha value is -0.840. The molecule has 5 heteroatoms. The summed E-state index contributed by atoms with van der Waals surface area (Å²) in [5.74, 6) is 0. The second-order valence-electron chi connectivity index (χ2n) is 4.59. The number of benzene rings is 1. The van der Waals surface area contributed by atoms with Gasteiger partial charge in [0.1, 0.15) is 0 Å². The maximum absolute atomic E-state index is 6.24. The first-order valence-corrected chi connectivity index (χ1v) is 7.33. The number of aromatic nitrogens is 2. The zero-order valence-corrected chi connectivity index (χ0v) is 13.6. The third-order valence-corrected chi connectivity index (χ3v) is 4.42. The van der Waals surface area contributed by atoms with Crippen molar-refractivity contribution in [1.82, 2.24) is 15.1 Å². The van der Waals surface area contributed by atoms with E-state index in [-0.39, 0.29) is 6.04 Å². The molecule has 1 aromatic heterocycles. The quantitative estimate of drug-likeness (QED) is 0.910. The summed E-state index contributed by atoms with van der Waals surface area (Å²) in [7, 11) is 1.92. The molecule has 1 aromatic carbocycles. The van der Waals surface area contributed by atoms with Crippen molar-refractivity contribution in [2.45, 2.75) is 26.4 Å². The average Bonchev–Trinajstić information content (AvgIpc) is 2.61. The highest BCUT2D eigenvalue weighted by atomic mass is 79.9. The molecule has 0 aliphatic carbocycles. The van der Waals surface area contributed by atoms with Crippen LogP contribution in [0.5, 0.6) is 0 Å². The fourth-order valence-electron chi connectivity index (χ4n) is 2.06. The van der Waals surface area contributed by atoms with Gasteiger partial charge in [-0.2, -0.15) is 5.10 Å². The van der Waals surface area contributed by atoms with Gasteiger partial charge < -0.3 is 5.32 Å². The SMILES string of the molecule is Cc1nn(C)c(CN[C@@H](C)c2ccccc2Br)c1Cl. The van der Waals surface area contributed by atoms with Gasteiger partial charge in [-0.15, -0.1) is 0 Å². The lowest BCUT2D eigenvalue weighted by Gasteiger charge is -2.16. The van der Waals surface area contributed by atoms with Crippen molar-refractivity contribution in [3.63, 3.8) is 0 Å². The van der Waals surface area contributed by atoms with Gasteiger partial charge in [-0.3, -0.25) is 4.68 Å². The summed E-state index contributed by atoms with van der Waals surface area (Å²) < 4.78 is 2.94. The molecule has 2 aromatic rings. The van der Waals surface area contributed by atoms with E-state index in [1.807, 2.05) is 30.8 Å². The Morgan fingerprint density at radius 1 is 1.42 bits per heavy atom. The van der Waals surface area contributed by atoms with Crippen LogP contribution in [-0.2, 0) is 13.6 Å². The molecule has 0 unspecified atom stereocenters. The molecule has 1 atom stereocenters. The van der Waals surface area contributed by atoms with Gasteiger partial charge in [-0.05, 0) is 25.5 Å². The molecule has 19 heavy (non-hydrogen) atoms. The Morgan fingerprint density at radius 2 is 2.11 bits per heavy atom. The molecule has 2 rings (SSSR count). The number of halogens is 2. The first-order chi connectivity index (χ1) is 9.00. The van der Waals surface area contributed by atoms with Crippen molar-refractivity contribution in [2.24, 2.45) is 7.05 Å². The topological polar surface area (TPSA) is 29.9 Å². The average molecular weight is 343 g/mol. The molecule has 0 spiro atoms. The minimum atomic E-state index is 0.238. The van der Waals surface area contributed by atoms with Crippen LogP contribution in [0.2, 0.25) is 5.02 Å². The Balaban J connectivity index is 2.09. The molecule has 1 N–H and O–H groups in total. The van der Waals surface area contributed by atoms with Crippen LogP contribution in [-0.4, -0.2) is 9.78 Å². The van der Waals surface area contributed by atoms with E-state index in [0.717, 1.165) is 20.9 Å². The van der Waals surface area contributed by atoms with E-state index in [1.165, 1.54) is 5.56 Å². The van der Waals surface area contributed by atoms with Gasteiger partial charge in [0, 0.05) is 24.1 Å². The lowest BCUT2D eigenvalue weighted by Crippen LogP contribution is -2.20. The van der Waals surface area contributed by atoms with Crippen molar-refractivity contribution in [2.75, 3.05) is 0 Å². The van der Waals surface area contributed by atoms with Gasteiger partial charge >= 0.3 is 0 Å². The van der Waals surface area contributed by atoms with Crippen LogP contribution in [0.25, 0.3) is 0 Å². The summed E-state index contributed by atoms with van der Waals surface area (Å²) in [5.41, 5.74) is 3.12. The molecule has 0 aliphatic rings. The molecule has 1 heterocycles. The molecule has 0 saturated heterocycles. The van der Waals surface area contributed by atoms with E-state index < -0.39 is 0 Å². The van der Waals surface area contributed by atoms with Crippen LogP contribution in [0.1, 0.15) is 29.9 Å². The number of nitrogens with one attached hydrogen (secondary N) is 1. The van der Waals surface area contributed by atoms with E-state index in [2.05, 4.69) is 45.4 Å². The van der Waals surface area contributed by atoms with Gasteiger partial charge in [0.15, 0.2) is 0 Å². The summed E-state index contributed by atoms with van der Waals surface area (Å²) in [6.45, 7) is 4.75. The van der Waals surface area contributed by atoms with Crippen LogP contribution in [0, 0.1) is 6.92 Å². The fourth-order valence-corrected chi connectivity index (χ4v) is 2.91. The molecule has 0 aliphatic heterocycles. The Labute approximate surface area is 127 Å². The summed E-state index contributed by atoms with van der Waals surface area (Å²) >= 11 is 9.81. The van der Waals surface area contributed by atoms with Crippen molar-refractivity contribution >= 4 is 27.5 Å². The zero-order chi connectivity index (χ0) is 14.0. The molecule has 0 fully saturated rings. The maximum Gasteiger partial charge on any atom is 0.0860 e. The summed E-state index contributed by atoms with van der Waals surface area (Å²) in [5, 5.41) is 8.53. The monoisotopic (exact) mass is 341 g/mol. The van der Waals surface area contributed by atoms with Gasteiger partial charge in [0.2, 0.25) is 0 Å². The van der Waals surface area contributed by atoms with Crippen LogP contribution >= 0.6 is 27.5 Å². The first kappa shape index (κ1) is 14.6. The minimum Gasteiger partial charge on any atom is -0.304 e. The Kier molecular flexibility index (Phi) is 4.66. The summed E-state index contributed by atoms with van der Waals surface area (Å²) in [6, 6.07) is 8.45. The highest BCUT2D eigenvalue weighted by molar-refractivity contribution is 9.10. The largest absolute Gasteiger partial charge is 0.304 e. The van der Waals surface area contributed by atoms with Gasteiger partial charge in [0.25, 0.3) is 0 Å². The number of nitrogens with zero attached hydrogens (tertiary/aromatic N) is 2. The van der Waals surface area contributed by atoms with Gasteiger partial charge in [-0.25, -0.2) is 0 Å². The predicted molar refractivity (Wildman–Crippen MR) is 82.4 cm³/mol. The standard InChI is InChI=1S/C14H17BrClN3/c1-9(11-6-4-5-7-12(11)15)17-8-13-14(16)10(2)18-19(13)3/h4-7,9,17H,8H2,1-3H3/t9-/m0/s1. The highest BCUT2D eigenvalue weighted by Gasteiger charge is 2.13. The molecule has 0 radical (unpaired) electrons. The smallest absolute Gasteiger partial charge is 0.0860 e. The molecular weight excluding hydrogens is 326 g/mol. The van der Waals surface area contributed by atoms with Crippen LogP contribution < -0.4 is 5.32 Å². The van der Waals surface area contributed by atoms with E-state index in [4.69, 9.17) is 11.6 Å². The molecular formula is C14H17BrClN3. The normalized spacial score (nSPS) is 12.7. The third kappa shape index (κ3) is 3.19. The van der Waals surface area contributed by atoms with Crippen LogP contribution in [0.3, 0.4) is 0 Å². The van der Waals surface area contributed by atoms with Gasteiger partial charge in [-0.1, -0.05) is 45.7 Å². The second-order valence-corrected chi connectivity index (χ2v) is 5.83. The summed E-state index contributed by atoms with van der Waals surface area (Å²) in [6.07, 6.45) is 0. The second kappa shape index (κ2) is 6.07. The van der Waals surface area contributed by atoms with E-state index >= 15 is 0 Å². The summed E-state index contributed by atoms with van der Waals surface area (Å²) in [4.78, 5) is 0. The Bertz CT molecular complexity index is 580. The van der Waals surface area contributed by atoms with Gasteiger partial charge in [0.05, 0.1) is 16.4 Å². The number of hydrogen-bond acceptors (Lipinski definition) is 2. The molecule has 3 nitrogen and oxygen atoms in total. The maximum atomic E-state index is 6.24. The predicted octanol–water partition coefficient (Wildman–Crippen LogP) is 4.00. The number of rotatable bonds is 4. The van der Waals surface area contributed by atoms with Crippen molar-refractivity contribution in [3.05, 3.63) is 50.7 Å². The lowest BCUT2D eigenvalue weighted by atomic mass is 10.1. The molecule has 0 saturated carbocycles. The minimum absolute atomic E-state index is 0.238. The molecule has 0 amide bonds. The number of hydrogen-bond donors (Lipinski definition) is 1. The number of aryl methyl sites for hydroxylation is 2. The lowest BCUT2D eigenvalue weighted by molar-refractivity contribution is 0.546. The zero-order valence-electron chi connectivity index (χ0n) is 11.2. The molecule has 0 bridgehead atoms. The van der Waals surface area contributed by atoms with Crippen LogP contribution in [0.4, 0.5) is 0 Å². The van der Waals surface area contributed by atoms with Crippen molar-refractivity contribution in [1.29, 1.82) is 0 Å². The van der Waals surface area contributed by atoms with Crippen molar-refractivity contribution in [3.8, 4) is 0 Å².